The summed E-state index contributed by atoms with van der Waals surface area (Å²) >= 11 is 0. The number of hydrogen-bond acceptors (Lipinski definition) is 3. The van der Waals surface area contributed by atoms with Crippen LogP contribution in [0.5, 0.6) is 0 Å². The van der Waals surface area contributed by atoms with Crippen LogP contribution in [0.1, 0.15) is 39.5 Å². The Labute approximate surface area is 116 Å². The summed E-state index contributed by atoms with van der Waals surface area (Å²) in [6, 6.07) is 0.288. The maximum atomic E-state index is 12.0. The van der Waals surface area contributed by atoms with Crippen LogP contribution < -0.4 is 5.32 Å². The monoisotopic (exact) mass is 272 g/mol. The fourth-order valence-corrected chi connectivity index (χ4v) is 2.20. The second-order valence-electron chi connectivity index (χ2n) is 6.11. The number of aliphatic hydroxyl groups is 1. The van der Waals surface area contributed by atoms with E-state index in [0.717, 1.165) is 38.9 Å². The number of urea groups is 1. The van der Waals surface area contributed by atoms with Crippen LogP contribution in [0.4, 0.5) is 4.79 Å². The van der Waals surface area contributed by atoms with Crippen LogP contribution in [-0.2, 0) is 4.74 Å². The van der Waals surface area contributed by atoms with Gasteiger partial charge in [0.05, 0.1) is 0 Å². The topological polar surface area (TPSA) is 61.8 Å². The van der Waals surface area contributed by atoms with Crippen LogP contribution in [0, 0.1) is 5.41 Å². The minimum absolute atomic E-state index is 0.00583. The van der Waals surface area contributed by atoms with Gasteiger partial charge < -0.3 is 20.1 Å². The molecule has 1 aliphatic heterocycles. The number of amides is 2. The molecule has 0 saturated carbocycles. The third-order valence-electron chi connectivity index (χ3n) is 3.79. The molecule has 2 N–H and O–H groups in total. The maximum Gasteiger partial charge on any atom is 0.317 e. The number of nitrogens with zero attached hydrogens (tertiary/aromatic N) is 1. The molecule has 0 unspecified atom stereocenters. The summed E-state index contributed by atoms with van der Waals surface area (Å²) in [4.78, 5) is 13.8. The minimum Gasteiger partial charge on any atom is -0.396 e. The van der Waals surface area contributed by atoms with Gasteiger partial charge in [0, 0.05) is 39.5 Å². The second kappa shape index (κ2) is 7.70. The number of rotatable bonds is 6. The van der Waals surface area contributed by atoms with Gasteiger partial charge in [-0.15, -0.1) is 0 Å². The molecule has 19 heavy (non-hydrogen) atoms. The lowest BCUT2D eigenvalue weighted by molar-refractivity contribution is 0.0525. The standard InChI is InChI=1S/C14H28N2O3/c1-14(2,11-17)7-4-8-15-13(18)16(3)12-5-9-19-10-6-12/h12,17H,4-11H2,1-3H3,(H,15,18). The summed E-state index contributed by atoms with van der Waals surface area (Å²) in [5.41, 5.74) is -0.0582. The van der Waals surface area contributed by atoms with Gasteiger partial charge in [0.2, 0.25) is 0 Å². The Bertz CT molecular complexity index is 276. The highest BCUT2D eigenvalue weighted by molar-refractivity contribution is 5.74. The van der Waals surface area contributed by atoms with E-state index >= 15 is 0 Å². The van der Waals surface area contributed by atoms with E-state index in [1.54, 1.807) is 4.90 Å². The SMILES string of the molecule is CN(C(=O)NCCCC(C)(C)CO)C1CCOCC1. The smallest absolute Gasteiger partial charge is 0.317 e. The van der Waals surface area contributed by atoms with Gasteiger partial charge >= 0.3 is 6.03 Å². The van der Waals surface area contributed by atoms with Crippen molar-refractivity contribution in [3.63, 3.8) is 0 Å². The van der Waals surface area contributed by atoms with E-state index in [2.05, 4.69) is 5.32 Å². The van der Waals surface area contributed by atoms with Crippen molar-refractivity contribution in [2.45, 2.75) is 45.6 Å². The maximum absolute atomic E-state index is 12.0. The summed E-state index contributed by atoms with van der Waals surface area (Å²) < 4.78 is 5.30. The molecule has 0 atom stereocenters. The zero-order chi connectivity index (χ0) is 14.3. The zero-order valence-corrected chi connectivity index (χ0v) is 12.4. The number of hydrogen-bond donors (Lipinski definition) is 2. The average molecular weight is 272 g/mol. The highest BCUT2D eigenvalue weighted by atomic mass is 16.5. The zero-order valence-electron chi connectivity index (χ0n) is 12.4. The van der Waals surface area contributed by atoms with Crippen molar-refractivity contribution in [2.75, 3.05) is 33.4 Å². The second-order valence-corrected chi connectivity index (χ2v) is 6.11. The molecule has 1 heterocycles. The van der Waals surface area contributed by atoms with E-state index in [1.807, 2.05) is 20.9 Å². The lowest BCUT2D eigenvalue weighted by Crippen LogP contribution is -2.46. The molecule has 0 aromatic carbocycles. The first-order valence-electron chi connectivity index (χ1n) is 7.15. The van der Waals surface area contributed by atoms with E-state index in [1.165, 1.54) is 0 Å². The van der Waals surface area contributed by atoms with E-state index in [0.29, 0.717) is 12.6 Å². The first-order chi connectivity index (χ1) is 8.96. The van der Waals surface area contributed by atoms with E-state index in [4.69, 9.17) is 9.84 Å². The molecule has 5 nitrogen and oxygen atoms in total. The van der Waals surface area contributed by atoms with Gasteiger partial charge in [0.25, 0.3) is 0 Å². The van der Waals surface area contributed by atoms with Crippen LogP contribution in [0.3, 0.4) is 0 Å². The van der Waals surface area contributed by atoms with Gasteiger partial charge in [-0.1, -0.05) is 13.8 Å². The Kier molecular flexibility index (Phi) is 6.58. The van der Waals surface area contributed by atoms with E-state index in [9.17, 15) is 4.79 Å². The molecule has 1 aliphatic rings. The quantitative estimate of drug-likeness (QED) is 0.722. The third-order valence-corrected chi connectivity index (χ3v) is 3.79. The van der Waals surface area contributed by atoms with Crippen molar-refractivity contribution in [1.29, 1.82) is 0 Å². The number of carbonyl (C=O) groups is 1. The van der Waals surface area contributed by atoms with E-state index in [-0.39, 0.29) is 18.1 Å². The van der Waals surface area contributed by atoms with Crippen LogP contribution in [0.15, 0.2) is 0 Å². The Hall–Kier alpha value is -0.810. The first-order valence-corrected chi connectivity index (χ1v) is 7.15. The molecule has 1 fully saturated rings. The molecule has 0 bridgehead atoms. The van der Waals surface area contributed by atoms with Crippen molar-refractivity contribution in [3.05, 3.63) is 0 Å². The van der Waals surface area contributed by atoms with Crippen LogP contribution >= 0.6 is 0 Å². The van der Waals surface area contributed by atoms with Gasteiger partial charge in [-0.25, -0.2) is 4.79 Å². The van der Waals surface area contributed by atoms with Crippen LogP contribution in [0.2, 0.25) is 0 Å². The molecule has 0 spiro atoms. The molecule has 5 heteroatoms. The van der Waals surface area contributed by atoms with E-state index < -0.39 is 0 Å². The largest absolute Gasteiger partial charge is 0.396 e. The Morgan fingerprint density at radius 2 is 2.05 bits per heavy atom. The molecule has 0 radical (unpaired) electrons. The van der Waals surface area contributed by atoms with Gasteiger partial charge in [-0.2, -0.15) is 0 Å². The number of ether oxygens (including phenoxy) is 1. The lowest BCUT2D eigenvalue weighted by Gasteiger charge is -2.31. The number of aliphatic hydroxyl groups excluding tert-OH is 1. The molecular weight excluding hydrogens is 244 g/mol. The normalized spacial score (nSPS) is 17.3. The van der Waals surface area contributed by atoms with Crippen molar-refractivity contribution < 1.29 is 14.6 Å². The summed E-state index contributed by atoms with van der Waals surface area (Å²) in [6.07, 6.45) is 3.63. The van der Waals surface area contributed by atoms with Crippen LogP contribution in [0.25, 0.3) is 0 Å². The van der Waals surface area contributed by atoms with Crippen molar-refractivity contribution in [2.24, 2.45) is 5.41 Å². The highest BCUT2D eigenvalue weighted by Crippen LogP contribution is 2.20. The Balaban J connectivity index is 2.19. The molecule has 112 valence electrons. The van der Waals surface area contributed by atoms with Gasteiger partial charge in [-0.3, -0.25) is 0 Å². The average Bonchev–Trinajstić information content (AvgIpc) is 2.43. The third kappa shape index (κ3) is 5.78. The van der Waals surface area contributed by atoms with Gasteiger partial charge in [0.1, 0.15) is 0 Å². The summed E-state index contributed by atoms with van der Waals surface area (Å²) in [7, 11) is 1.85. The minimum atomic E-state index is -0.0582. The molecule has 2 amide bonds. The van der Waals surface area contributed by atoms with Gasteiger partial charge in [0.15, 0.2) is 0 Å². The number of nitrogens with one attached hydrogen (secondary N) is 1. The summed E-state index contributed by atoms with van der Waals surface area (Å²) in [5, 5.41) is 12.1. The molecule has 0 aromatic rings. The lowest BCUT2D eigenvalue weighted by atomic mass is 9.89. The van der Waals surface area contributed by atoms with Crippen molar-refractivity contribution in [1.82, 2.24) is 10.2 Å². The Morgan fingerprint density at radius 1 is 1.42 bits per heavy atom. The molecule has 1 rings (SSSR count). The molecule has 0 aliphatic carbocycles. The molecule has 0 aromatic heterocycles. The summed E-state index contributed by atoms with van der Waals surface area (Å²) in [6.45, 7) is 6.39. The Morgan fingerprint density at radius 3 is 2.63 bits per heavy atom. The van der Waals surface area contributed by atoms with Crippen LogP contribution in [-0.4, -0.2) is 55.5 Å². The van der Waals surface area contributed by atoms with Gasteiger partial charge in [-0.05, 0) is 31.1 Å². The number of carbonyl (C=O) groups excluding carboxylic acids is 1. The predicted octanol–water partition coefficient (Wildman–Crippen LogP) is 1.61. The predicted molar refractivity (Wildman–Crippen MR) is 75.1 cm³/mol. The summed E-state index contributed by atoms with van der Waals surface area (Å²) in [5.74, 6) is 0. The first kappa shape index (κ1) is 16.2. The van der Waals surface area contributed by atoms with Crippen molar-refractivity contribution in [3.8, 4) is 0 Å². The fraction of sp³-hybridized carbons (Fsp3) is 0.929. The molecular formula is C14H28N2O3. The molecule has 1 saturated heterocycles. The fourth-order valence-electron chi connectivity index (χ4n) is 2.20. The highest BCUT2D eigenvalue weighted by Gasteiger charge is 2.22. The van der Waals surface area contributed by atoms with Crippen molar-refractivity contribution >= 4 is 6.03 Å².